The van der Waals surface area contributed by atoms with Crippen molar-refractivity contribution in [1.29, 1.82) is 0 Å². The summed E-state index contributed by atoms with van der Waals surface area (Å²) in [5.41, 5.74) is 1.43. The lowest BCUT2D eigenvalue weighted by Crippen LogP contribution is -2.22. The standard InChI is InChI=1S/C22H20O5/c1-12(2)8-14-9-19(25)26-18-11-16(24)21-15(23)10-17(27-22(21)20(14)18)13-6-4-3-5-7-13/h3-7,10-12,14,24H,8-9H2,1-2H3/t14-/m1/s1. The number of phenolic OH excluding ortho intramolecular Hbond substituents is 1. The van der Waals surface area contributed by atoms with Gasteiger partial charge in [-0.3, -0.25) is 9.59 Å². The molecule has 3 aromatic rings. The molecule has 1 N–H and O–H groups in total. The summed E-state index contributed by atoms with van der Waals surface area (Å²) in [4.78, 5) is 24.8. The molecule has 1 aromatic heterocycles. The van der Waals surface area contributed by atoms with Crippen molar-refractivity contribution in [3.63, 3.8) is 0 Å². The molecule has 0 saturated carbocycles. The summed E-state index contributed by atoms with van der Waals surface area (Å²) < 4.78 is 11.5. The van der Waals surface area contributed by atoms with E-state index in [0.29, 0.717) is 22.8 Å². The van der Waals surface area contributed by atoms with Gasteiger partial charge in [0, 0.05) is 29.2 Å². The van der Waals surface area contributed by atoms with E-state index >= 15 is 0 Å². The minimum absolute atomic E-state index is 0.125. The number of hydrogen-bond acceptors (Lipinski definition) is 5. The van der Waals surface area contributed by atoms with Crippen molar-refractivity contribution in [1.82, 2.24) is 0 Å². The SMILES string of the molecule is CC(C)C[C@@H]1CC(=O)Oc2cc(O)c3c(=O)cc(-c4ccccc4)oc3c21. The van der Waals surface area contributed by atoms with Gasteiger partial charge in [0.1, 0.15) is 28.2 Å². The Bertz CT molecular complexity index is 1080. The molecule has 1 aliphatic heterocycles. The van der Waals surface area contributed by atoms with E-state index in [1.54, 1.807) is 0 Å². The van der Waals surface area contributed by atoms with Crippen molar-refractivity contribution < 1.29 is 19.1 Å². The summed E-state index contributed by atoms with van der Waals surface area (Å²) in [6.07, 6.45) is 0.978. The molecular formula is C22H20O5. The van der Waals surface area contributed by atoms with Crippen molar-refractivity contribution >= 4 is 16.9 Å². The molecule has 0 bridgehead atoms. The van der Waals surface area contributed by atoms with E-state index in [-0.39, 0.29) is 40.6 Å². The van der Waals surface area contributed by atoms with Gasteiger partial charge in [-0.15, -0.1) is 0 Å². The van der Waals surface area contributed by atoms with Crippen LogP contribution in [-0.2, 0) is 4.79 Å². The third kappa shape index (κ3) is 3.10. The number of carbonyl (C=O) groups is 1. The summed E-state index contributed by atoms with van der Waals surface area (Å²) in [6.45, 7) is 4.15. The van der Waals surface area contributed by atoms with E-state index in [2.05, 4.69) is 13.8 Å². The zero-order valence-corrected chi connectivity index (χ0v) is 15.2. The number of aromatic hydroxyl groups is 1. The highest BCUT2D eigenvalue weighted by atomic mass is 16.5. The van der Waals surface area contributed by atoms with E-state index in [9.17, 15) is 14.7 Å². The summed E-state index contributed by atoms with van der Waals surface area (Å²) >= 11 is 0. The Balaban J connectivity index is 2.03. The second-order valence-electron chi connectivity index (χ2n) is 7.36. The number of rotatable bonds is 3. The lowest BCUT2D eigenvalue weighted by atomic mass is 9.84. The topological polar surface area (TPSA) is 76.7 Å². The average molecular weight is 364 g/mol. The van der Waals surface area contributed by atoms with Gasteiger partial charge in [-0.1, -0.05) is 44.2 Å². The number of benzene rings is 2. The Morgan fingerprint density at radius 3 is 2.59 bits per heavy atom. The van der Waals surface area contributed by atoms with Crippen molar-refractivity contribution in [3.05, 3.63) is 58.3 Å². The molecule has 27 heavy (non-hydrogen) atoms. The molecule has 1 aliphatic rings. The number of esters is 1. The van der Waals surface area contributed by atoms with Crippen LogP contribution < -0.4 is 10.2 Å². The molecule has 0 saturated heterocycles. The quantitative estimate of drug-likeness (QED) is 0.543. The molecule has 0 amide bonds. The Labute approximate surface area is 156 Å². The van der Waals surface area contributed by atoms with E-state index < -0.39 is 0 Å². The molecule has 0 fully saturated rings. The largest absolute Gasteiger partial charge is 0.507 e. The fourth-order valence-electron chi connectivity index (χ4n) is 3.77. The summed E-state index contributed by atoms with van der Waals surface area (Å²) in [5, 5.41) is 10.5. The minimum atomic E-state index is -0.339. The summed E-state index contributed by atoms with van der Waals surface area (Å²) in [7, 11) is 0. The van der Waals surface area contributed by atoms with Crippen LogP contribution in [0.1, 0.15) is 38.2 Å². The summed E-state index contributed by atoms with van der Waals surface area (Å²) in [6, 6.07) is 12.0. The number of phenols is 1. The van der Waals surface area contributed by atoms with Crippen molar-refractivity contribution in [2.24, 2.45) is 5.92 Å². The minimum Gasteiger partial charge on any atom is -0.507 e. The second kappa shape index (κ2) is 6.58. The number of ether oxygens (including phenoxy) is 1. The van der Waals surface area contributed by atoms with Gasteiger partial charge < -0.3 is 14.3 Å². The summed E-state index contributed by atoms with van der Waals surface area (Å²) in [5.74, 6) is 0.333. The van der Waals surface area contributed by atoms with Gasteiger partial charge in [0.2, 0.25) is 0 Å². The van der Waals surface area contributed by atoms with Crippen LogP contribution in [0.4, 0.5) is 0 Å². The number of hydrogen-bond donors (Lipinski definition) is 1. The van der Waals surface area contributed by atoms with Gasteiger partial charge in [0.25, 0.3) is 0 Å². The van der Waals surface area contributed by atoms with Crippen molar-refractivity contribution in [2.45, 2.75) is 32.6 Å². The fraction of sp³-hybridized carbons (Fsp3) is 0.273. The van der Waals surface area contributed by atoms with Crippen LogP contribution >= 0.6 is 0 Å². The Morgan fingerprint density at radius 2 is 1.89 bits per heavy atom. The molecule has 0 unspecified atom stereocenters. The zero-order valence-electron chi connectivity index (χ0n) is 15.2. The van der Waals surface area contributed by atoms with Crippen LogP contribution in [0, 0.1) is 5.92 Å². The predicted molar refractivity (Wildman–Crippen MR) is 102 cm³/mol. The Kier molecular flexibility index (Phi) is 4.22. The first kappa shape index (κ1) is 17.3. The second-order valence-corrected chi connectivity index (χ2v) is 7.36. The van der Waals surface area contributed by atoms with Gasteiger partial charge in [-0.2, -0.15) is 0 Å². The fourth-order valence-corrected chi connectivity index (χ4v) is 3.77. The molecular weight excluding hydrogens is 344 g/mol. The van der Waals surface area contributed by atoms with Crippen LogP contribution in [0.5, 0.6) is 11.5 Å². The Hall–Kier alpha value is -3.08. The highest BCUT2D eigenvalue weighted by Crippen LogP contribution is 2.45. The molecule has 4 rings (SSSR count). The molecule has 5 nitrogen and oxygen atoms in total. The average Bonchev–Trinajstić information content (AvgIpc) is 2.60. The van der Waals surface area contributed by atoms with E-state index in [1.165, 1.54) is 12.1 Å². The number of carbonyl (C=O) groups excluding carboxylic acids is 1. The normalized spacial score (nSPS) is 16.4. The monoisotopic (exact) mass is 364 g/mol. The molecule has 2 heterocycles. The van der Waals surface area contributed by atoms with E-state index in [0.717, 1.165) is 12.0 Å². The van der Waals surface area contributed by atoms with Gasteiger partial charge >= 0.3 is 5.97 Å². The molecule has 0 aliphatic carbocycles. The lowest BCUT2D eigenvalue weighted by Gasteiger charge is -2.26. The van der Waals surface area contributed by atoms with Gasteiger partial charge in [0.15, 0.2) is 5.43 Å². The van der Waals surface area contributed by atoms with E-state index in [4.69, 9.17) is 9.15 Å². The molecule has 138 valence electrons. The third-order valence-electron chi connectivity index (χ3n) is 4.84. The molecule has 5 heteroatoms. The van der Waals surface area contributed by atoms with Gasteiger partial charge in [-0.05, 0) is 12.3 Å². The molecule has 1 atom stereocenters. The maximum atomic E-state index is 12.7. The molecule has 0 radical (unpaired) electrons. The first-order valence-corrected chi connectivity index (χ1v) is 9.04. The third-order valence-corrected chi connectivity index (χ3v) is 4.84. The first-order chi connectivity index (χ1) is 12.9. The van der Waals surface area contributed by atoms with Crippen LogP contribution in [0.2, 0.25) is 0 Å². The lowest BCUT2D eigenvalue weighted by molar-refractivity contribution is -0.136. The highest BCUT2D eigenvalue weighted by molar-refractivity contribution is 5.92. The van der Waals surface area contributed by atoms with E-state index in [1.807, 2.05) is 30.3 Å². The maximum Gasteiger partial charge on any atom is 0.311 e. The van der Waals surface area contributed by atoms with Crippen LogP contribution in [0.25, 0.3) is 22.3 Å². The van der Waals surface area contributed by atoms with Crippen molar-refractivity contribution in [3.8, 4) is 22.8 Å². The molecule has 0 spiro atoms. The molecule has 2 aromatic carbocycles. The predicted octanol–water partition coefficient (Wildman–Crippen LogP) is 4.60. The van der Waals surface area contributed by atoms with Crippen molar-refractivity contribution in [2.75, 3.05) is 0 Å². The zero-order chi connectivity index (χ0) is 19.1. The smallest absolute Gasteiger partial charge is 0.311 e. The van der Waals surface area contributed by atoms with Crippen LogP contribution in [0.15, 0.2) is 51.7 Å². The van der Waals surface area contributed by atoms with Crippen LogP contribution in [-0.4, -0.2) is 11.1 Å². The maximum absolute atomic E-state index is 12.7. The van der Waals surface area contributed by atoms with Gasteiger partial charge in [-0.25, -0.2) is 0 Å². The highest BCUT2D eigenvalue weighted by Gasteiger charge is 2.32. The first-order valence-electron chi connectivity index (χ1n) is 9.04. The van der Waals surface area contributed by atoms with Gasteiger partial charge in [0.05, 0.1) is 6.42 Å². The van der Waals surface area contributed by atoms with Crippen LogP contribution in [0.3, 0.4) is 0 Å². The Morgan fingerprint density at radius 1 is 1.15 bits per heavy atom. The number of fused-ring (bicyclic) bond motifs is 3.